The Balaban J connectivity index is 1.54. The summed E-state index contributed by atoms with van der Waals surface area (Å²) in [5, 5.41) is 4.72. The third-order valence-corrected chi connectivity index (χ3v) is 5.61. The topological polar surface area (TPSA) is 18.5 Å². The molecule has 108 valence electrons. The van der Waals surface area contributed by atoms with Gasteiger partial charge in [-0.1, -0.05) is 6.42 Å². The van der Waals surface area contributed by atoms with Crippen LogP contribution in [-0.4, -0.2) is 54.2 Å². The maximum Gasteiger partial charge on any atom is 0.169 e. The highest BCUT2D eigenvalue weighted by Crippen LogP contribution is 2.44. The molecule has 1 saturated heterocycles. The van der Waals surface area contributed by atoms with Gasteiger partial charge in [-0.3, -0.25) is 0 Å². The molecule has 2 saturated carbocycles. The summed E-state index contributed by atoms with van der Waals surface area (Å²) < 4.78 is 0. The van der Waals surface area contributed by atoms with E-state index in [2.05, 4.69) is 29.2 Å². The molecule has 0 amide bonds. The largest absolute Gasteiger partial charge is 0.360 e. The molecule has 0 aromatic heterocycles. The van der Waals surface area contributed by atoms with Crippen LogP contribution in [0.4, 0.5) is 0 Å². The summed E-state index contributed by atoms with van der Waals surface area (Å²) in [5.74, 6) is 1.89. The lowest BCUT2D eigenvalue weighted by Crippen LogP contribution is -2.50. The first kappa shape index (κ1) is 13.6. The summed E-state index contributed by atoms with van der Waals surface area (Å²) in [6.07, 6.45) is 8.26. The fourth-order valence-electron chi connectivity index (χ4n) is 4.38. The maximum atomic E-state index is 5.69. The summed E-state index contributed by atoms with van der Waals surface area (Å²) in [4.78, 5) is 4.73. The van der Waals surface area contributed by atoms with E-state index in [-0.39, 0.29) is 0 Å². The molecule has 0 radical (unpaired) electrons. The van der Waals surface area contributed by atoms with Crippen LogP contribution in [0, 0.1) is 11.8 Å². The quantitative estimate of drug-likeness (QED) is 0.798. The fourth-order valence-corrected chi connectivity index (χ4v) is 4.77. The third kappa shape index (κ3) is 2.89. The summed E-state index contributed by atoms with van der Waals surface area (Å²) in [7, 11) is 4.31. The molecule has 3 fully saturated rings. The molecule has 3 nitrogen and oxygen atoms in total. The average Bonchev–Trinajstić information content (AvgIpc) is 3.03. The minimum Gasteiger partial charge on any atom is -0.360 e. The fraction of sp³-hybridized carbons (Fsp3) is 0.933. The van der Waals surface area contributed by atoms with Gasteiger partial charge in [-0.25, -0.2) is 0 Å². The van der Waals surface area contributed by atoms with E-state index in [9.17, 15) is 0 Å². The Bertz CT molecular complexity index is 344. The number of thiocarbonyl (C=S) groups is 1. The Labute approximate surface area is 122 Å². The van der Waals surface area contributed by atoms with Crippen LogP contribution < -0.4 is 5.32 Å². The molecular formula is C15H27N3S. The van der Waals surface area contributed by atoms with E-state index < -0.39 is 0 Å². The van der Waals surface area contributed by atoms with Crippen molar-refractivity contribution in [3.05, 3.63) is 0 Å². The van der Waals surface area contributed by atoms with E-state index in [1.807, 2.05) is 0 Å². The lowest BCUT2D eigenvalue weighted by atomic mass is 9.95. The zero-order valence-electron chi connectivity index (χ0n) is 12.3. The normalized spacial score (nSPS) is 37.3. The number of hydrogen-bond acceptors (Lipinski definition) is 2. The lowest BCUT2D eigenvalue weighted by Gasteiger charge is -2.33. The number of likely N-dealkylation sites (N-methyl/N-ethyl adjacent to an activating group) is 1. The zero-order valence-corrected chi connectivity index (χ0v) is 13.1. The van der Waals surface area contributed by atoms with Gasteiger partial charge in [-0.2, -0.15) is 0 Å². The second-order valence-electron chi connectivity index (χ2n) is 6.98. The molecule has 0 aromatic carbocycles. The molecule has 3 rings (SSSR count). The number of likely N-dealkylation sites (tertiary alicyclic amines) is 1. The molecule has 4 atom stereocenters. The number of hydrogen-bond donors (Lipinski definition) is 1. The van der Waals surface area contributed by atoms with Crippen molar-refractivity contribution in [2.45, 2.75) is 50.6 Å². The van der Waals surface area contributed by atoms with Gasteiger partial charge >= 0.3 is 0 Å². The van der Waals surface area contributed by atoms with E-state index in [1.54, 1.807) is 0 Å². The molecule has 2 aliphatic carbocycles. The minimum absolute atomic E-state index is 0.619. The van der Waals surface area contributed by atoms with Crippen molar-refractivity contribution in [3.8, 4) is 0 Å². The van der Waals surface area contributed by atoms with Gasteiger partial charge in [0.15, 0.2) is 5.11 Å². The monoisotopic (exact) mass is 281 g/mol. The standard InChI is InChI=1S/C15H27N3S/c1-17(2)10-13-4-3-7-18(13)15(19)16-14-9-11-5-6-12(14)8-11/h11-14H,3-10H2,1-2H3,(H,16,19). The van der Waals surface area contributed by atoms with Gasteiger partial charge < -0.3 is 15.1 Å². The first-order chi connectivity index (χ1) is 9.13. The van der Waals surface area contributed by atoms with Crippen molar-refractivity contribution in [1.82, 2.24) is 15.1 Å². The van der Waals surface area contributed by atoms with E-state index in [1.165, 1.54) is 38.5 Å². The van der Waals surface area contributed by atoms with Crippen molar-refractivity contribution in [2.75, 3.05) is 27.2 Å². The SMILES string of the molecule is CN(C)CC1CCCN1C(=S)NC1CC2CCC1C2. The molecule has 4 heteroatoms. The molecule has 1 heterocycles. The van der Waals surface area contributed by atoms with Crippen LogP contribution in [0.1, 0.15) is 38.5 Å². The van der Waals surface area contributed by atoms with Gasteiger partial charge in [0.25, 0.3) is 0 Å². The van der Waals surface area contributed by atoms with Crippen LogP contribution in [-0.2, 0) is 0 Å². The van der Waals surface area contributed by atoms with Crippen molar-refractivity contribution in [2.24, 2.45) is 11.8 Å². The minimum atomic E-state index is 0.619. The Morgan fingerprint density at radius 1 is 1.26 bits per heavy atom. The molecule has 2 bridgehead atoms. The Hall–Kier alpha value is -0.350. The second-order valence-corrected chi connectivity index (χ2v) is 7.37. The van der Waals surface area contributed by atoms with Crippen LogP contribution in [0.2, 0.25) is 0 Å². The molecule has 0 spiro atoms. The van der Waals surface area contributed by atoms with Gasteiger partial charge in [0.2, 0.25) is 0 Å². The van der Waals surface area contributed by atoms with Crippen LogP contribution in [0.3, 0.4) is 0 Å². The third-order valence-electron chi connectivity index (χ3n) is 5.26. The Morgan fingerprint density at radius 3 is 2.74 bits per heavy atom. The van der Waals surface area contributed by atoms with Gasteiger partial charge in [0.1, 0.15) is 0 Å². The number of nitrogens with zero attached hydrogens (tertiary/aromatic N) is 2. The lowest BCUT2D eigenvalue weighted by molar-refractivity contribution is 0.277. The van der Waals surface area contributed by atoms with Crippen LogP contribution in [0.5, 0.6) is 0 Å². The highest BCUT2D eigenvalue weighted by Gasteiger charge is 2.40. The molecule has 3 aliphatic rings. The van der Waals surface area contributed by atoms with Crippen LogP contribution in [0.15, 0.2) is 0 Å². The summed E-state index contributed by atoms with van der Waals surface area (Å²) in [6, 6.07) is 1.29. The van der Waals surface area contributed by atoms with Gasteiger partial charge in [0.05, 0.1) is 0 Å². The van der Waals surface area contributed by atoms with E-state index in [0.717, 1.165) is 30.0 Å². The second kappa shape index (κ2) is 5.57. The first-order valence-electron chi connectivity index (χ1n) is 7.85. The number of fused-ring (bicyclic) bond motifs is 2. The van der Waals surface area contributed by atoms with Crippen LogP contribution in [0.25, 0.3) is 0 Å². The smallest absolute Gasteiger partial charge is 0.169 e. The first-order valence-corrected chi connectivity index (χ1v) is 8.26. The molecule has 1 aliphatic heterocycles. The van der Waals surface area contributed by atoms with Crippen molar-refractivity contribution in [3.63, 3.8) is 0 Å². The highest BCUT2D eigenvalue weighted by molar-refractivity contribution is 7.80. The van der Waals surface area contributed by atoms with Gasteiger partial charge in [0, 0.05) is 25.2 Å². The van der Waals surface area contributed by atoms with Crippen molar-refractivity contribution in [1.29, 1.82) is 0 Å². The number of nitrogens with one attached hydrogen (secondary N) is 1. The Morgan fingerprint density at radius 2 is 2.11 bits per heavy atom. The van der Waals surface area contributed by atoms with Crippen molar-refractivity contribution >= 4 is 17.3 Å². The summed E-state index contributed by atoms with van der Waals surface area (Å²) in [6.45, 7) is 2.27. The van der Waals surface area contributed by atoms with E-state index in [4.69, 9.17) is 12.2 Å². The van der Waals surface area contributed by atoms with Gasteiger partial charge in [-0.15, -0.1) is 0 Å². The van der Waals surface area contributed by atoms with Gasteiger partial charge in [-0.05, 0) is 70.3 Å². The molecule has 0 aromatic rings. The predicted octanol–water partition coefficient (Wildman–Crippen LogP) is 2.08. The molecule has 4 unspecified atom stereocenters. The molecular weight excluding hydrogens is 254 g/mol. The van der Waals surface area contributed by atoms with E-state index >= 15 is 0 Å². The highest BCUT2D eigenvalue weighted by atomic mass is 32.1. The molecule has 1 N–H and O–H groups in total. The van der Waals surface area contributed by atoms with E-state index in [0.29, 0.717) is 12.1 Å². The van der Waals surface area contributed by atoms with Crippen molar-refractivity contribution < 1.29 is 0 Å². The number of rotatable bonds is 3. The average molecular weight is 281 g/mol. The summed E-state index contributed by atoms with van der Waals surface area (Å²) in [5.41, 5.74) is 0. The van der Waals surface area contributed by atoms with Crippen LogP contribution >= 0.6 is 12.2 Å². The molecule has 19 heavy (non-hydrogen) atoms. The maximum absolute atomic E-state index is 5.69. The summed E-state index contributed by atoms with van der Waals surface area (Å²) >= 11 is 5.69. The zero-order chi connectivity index (χ0) is 13.4. The Kier molecular flexibility index (Phi) is 3.99. The predicted molar refractivity (Wildman–Crippen MR) is 83.3 cm³/mol.